The maximum Gasteiger partial charge on any atom is 0.488 e. The molecule has 0 saturated heterocycles. The lowest BCUT2D eigenvalue weighted by molar-refractivity contribution is -0.133. The largest absolute Gasteiger partial charge is 0.488 e. The average Bonchev–Trinajstić information content (AvgIpc) is 2.66. The predicted molar refractivity (Wildman–Crippen MR) is 116 cm³/mol. The Morgan fingerprint density at radius 2 is 1.77 bits per heavy atom. The summed E-state index contributed by atoms with van der Waals surface area (Å²) in [4.78, 5) is 37.8. The molecule has 6 N–H and O–H groups in total. The van der Waals surface area contributed by atoms with Gasteiger partial charge in [-0.15, -0.1) is 0 Å². The zero-order valence-electron chi connectivity index (χ0n) is 18.3. The Kier molecular flexibility index (Phi) is 8.08. The van der Waals surface area contributed by atoms with Crippen LogP contribution in [0.4, 0.5) is 4.79 Å². The number of hydrogen-bond acceptors (Lipinski definition) is 6. The van der Waals surface area contributed by atoms with E-state index in [2.05, 4.69) is 10.6 Å². The highest BCUT2D eigenvalue weighted by atomic mass is 16.6. The smallest absolute Gasteiger partial charge is 0.444 e. The molecule has 170 valence electrons. The number of amides is 3. The first kappa shape index (κ1) is 24.7. The summed E-state index contributed by atoms with van der Waals surface area (Å²) in [5.41, 5.74) is 4.30. The van der Waals surface area contributed by atoms with Crippen molar-refractivity contribution in [3.63, 3.8) is 0 Å². The Bertz CT molecular complexity index is 803. The minimum Gasteiger partial charge on any atom is -0.444 e. The molecule has 0 aromatic heterocycles. The zero-order valence-corrected chi connectivity index (χ0v) is 18.3. The SMILES string of the molecule is CC(C)(C)OC(=O)NC1(C(=O)NC(Cc2ccccc2B(O)O)C(N)=O)CCCCC1. The van der Waals surface area contributed by atoms with Crippen LogP contribution in [0.3, 0.4) is 0 Å². The number of carbonyl (C=O) groups is 3. The molecule has 0 radical (unpaired) electrons. The number of alkyl carbamates (subject to hydrolysis) is 1. The maximum absolute atomic E-state index is 13.3. The van der Waals surface area contributed by atoms with Crippen molar-refractivity contribution in [3.05, 3.63) is 29.8 Å². The van der Waals surface area contributed by atoms with Crippen LogP contribution in [0.25, 0.3) is 0 Å². The Morgan fingerprint density at radius 3 is 2.32 bits per heavy atom. The van der Waals surface area contributed by atoms with Gasteiger partial charge in [0.05, 0.1) is 0 Å². The second-order valence-electron chi connectivity index (χ2n) is 8.97. The highest BCUT2D eigenvalue weighted by Gasteiger charge is 2.43. The first-order chi connectivity index (χ1) is 14.4. The van der Waals surface area contributed by atoms with Crippen LogP contribution in [0.5, 0.6) is 0 Å². The molecular weight excluding hydrogens is 401 g/mol. The molecule has 1 unspecified atom stereocenters. The predicted octanol–water partition coefficient (Wildman–Crippen LogP) is 0.107. The van der Waals surface area contributed by atoms with Gasteiger partial charge in [-0.3, -0.25) is 9.59 Å². The van der Waals surface area contributed by atoms with Crippen molar-refractivity contribution in [1.29, 1.82) is 0 Å². The standard InChI is InChI=1S/C21H32BN3O6/c1-20(2,3)31-19(28)25-21(11-7-4-8-12-21)18(27)24-16(17(23)26)13-14-9-5-6-10-15(14)22(29)30/h5-6,9-10,16,29-30H,4,7-8,11-13H2,1-3H3,(H2,23,26)(H,24,27)(H,25,28). The molecule has 31 heavy (non-hydrogen) atoms. The normalized spacial score (nSPS) is 16.7. The molecule has 1 atom stereocenters. The number of carbonyl (C=O) groups excluding carboxylic acids is 3. The van der Waals surface area contributed by atoms with Crippen LogP contribution in [0.1, 0.15) is 58.4 Å². The topological polar surface area (TPSA) is 151 Å². The van der Waals surface area contributed by atoms with Gasteiger partial charge in [-0.25, -0.2) is 4.79 Å². The first-order valence-corrected chi connectivity index (χ1v) is 10.5. The summed E-state index contributed by atoms with van der Waals surface area (Å²) >= 11 is 0. The van der Waals surface area contributed by atoms with Crippen molar-refractivity contribution >= 4 is 30.5 Å². The Hall–Kier alpha value is -2.59. The number of nitrogens with one attached hydrogen (secondary N) is 2. The summed E-state index contributed by atoms with van der Waals surface area (Å²) in [6, 6.07) is 5.39. The fourth-order valence-electron chi connectivity index (χ4n) is 3.77. The molecule has 0 aliphatic heterocycles. The summed E-state index contributed by atoms with van der Waals surface area (Å²) in [6.07, 6.45) is 2.52. The van der Waals surface area contributed by atoms with Crippen LogP contribution in [0, 0.1) is 0 Å². The van der Waals surface area contributed by atoms with Gasteiger partial charge in [-0.2, -0.15) is 0 Å². The maximum atomic E-state index is 13.3. The molecular formula is C21H32BN3O6. The molecule has 1 aromatic carbocycles. The Labute approximate surface area is 182 Å². The highest BCUT2D eigenvalue weighted by molar-refractivity contribution is 6.59. The van der Waals surface area contributed by atoms with E-state index in [-0.39, 0.29) is 11.9 Å². The molecule has 9 nitrogen and oxygen atoms in total. The van der Waals surface area contributed by atoms with Gasteiger partial charge in [0, 0.05) is 6.42 Å². The van der Waals surface area contributed by atoms with E-state index in [0.29, 0.717) is 18.4 Å². The summed E-state index contributed by atoms with van der Waals surface area (Å²) in [5, 5.41) is 24.5. The van der Waals surface area contributed by atoms with E-state index in [4.69, 9.17) is 10.5 Å². The van der Waals surface area contributed by atoms with Gasteiger partial charge in [-0.05, 0) is 44.6 Å². The number of rotatable bonds is 7. The Balaban J connectivity index is 2.21. The molecule has 1 aliphatic rings. The van der Waals surface area contributed by atoms with E-state index in [1.54, 1.807) is 39.0 Å². The van der Waals surface area contributed by atoms with Gasteiger partial charge in [0.25, 0.3) is 0 Å². The Morgan fingerprint density at radius 1 is 1.16 bits per heavy atom. The quantitative estimate of drug-likeness (QED) is 0.385. The van der Waals surface area contributed by atoms with Gasteiger partial charge in [0.15, 0.2) is 0 Å². The fraction of sp³-hybridized carbons (Fsp3) is 0.571. The lowest BCUT2D eigenvalue weighted by Gasteiger charge is -2.37. The van der Waals surface area contributed by atoms with Crippen LogP contribution in [-0.4, -0.2) is 52.3 Å². The lowest BCUT2D eigenvalue weighted by atomic mass is 9.75. The van der Waals surface area contributed by atoms with Crippen molar-refractivity contribution in [1.82, 2.24) is 10.6 Å². The van der Waals surface area contributed by atoms with Gasteiger partial charge in [0.2, 0.25) is 11.8 Å². The van der Waals surface area contributed by atoms with Crippen LogP contribution >= 0.6 is 0 Å². The lowest BCUT2D eigenvalue weighted by Crippen LogP contribution is -2.63. The van der Waals surface area contributed by atoms with Crippen LogP contribution < -0.4 is 21.8 Å². The van der Waals surface area contributed by atoms with E-state index in [1.165, 1.54) is 6.07 Å². The molecule has 1 aliphatic carbocycles. The third-order valence-corrected chi connectivity index (χ3v) is 5.29. The molecule has 1 aromatic rings. The van der Waals surface area contributed by atoms with Gasteiger partial charge in [0.1, 0.15) is 17.2 Å². The first-order valence-electron chi connectivity index (χ1n) is 10.5. The van der Waals surface area contributed by atoms with Crippen molar-refractivity contribution in [2.75, 3.05) is 0 Å². The highest BCUT2D eigenvalue weighted by Crippen LogP contribution is 2.29. The fourth-order valence-corrected chi connectivity index (χ4v) is 3.77. The number of nitrogens with two attached hydrogens (primary N) is 1. The second kappa shape index (κ2) is 10.1. The molecule has 0 heterocycles. The molecule has 10 heteroatoms. The molecule has 3 amide bonds. The number of hydrogen-bond donors (Lipinski definition) is 5. The molecule has 2 rings (SSSR count). The van der Waals surface area contributed by atoms with Crippen LogP contribution in [0.15, 0.2) is 24.3 Å². The monoisotopic (exact) mass is 433 g/mol. The molecule has 1 fully saturated rings. The number of primary amides is 1. The minimum absolute atomic E-state index is 0.0165. The minimum atomic E-state index is -1.72. The van der Waals surface area contributed by atoms with E-state index >= 15 is 0 Å². The summed E-state index contributed by atoms with van der Waals surface area (Å²) in [6.45, 7) is 5.20. The van der Waals surface area contributed by atoms with E-state index < -0.39 is 42.2 Å². The molecule has 0 bridgehead atoms. The average molecular weight is 433 g/mol. The third-order valence-electron chi connectivity index (χ3n) is 5.29. The van der Waals surface area contributed by atoms with Crippen molar-refractivity contribution in [2.45, 2.75) is 76.5 Å². The summed E-state index contributed by atoms with van der Waals surface area (Å²) in [7, 11) is -1.72. The van der Waals surface area contributed by atoms with Crippen LogP contribution in [-0.2, 0) is 20.7 Å². The van der Waals surface area contributed by atoms with Crippen LogP contribution in [0.2, 0.25) is 0 Å². The second-order valence-corrected chi connectivity index (χ2v) is 8.97. The van der Waals surface area contributed by atoms with E-state index in [1.807, 2.05) is 0 Å². The van der Waals surface area contributed by atoms with Gasteiger partial charge >= 0.3 is 13.2 Å². The number of ether oxygens (including phenoxy) is 1. The molecule has 0 spiro atoms. The third kappa shape index (κ3) is 6.97. The van der Waals surface area contributed by atoms with Gasteiger partial charge in [-0.1, -0.05) is 43.5 Å². The zero-order chi connectivity index (χ0) is 23.2. The summed E-state index contributed by atoms with van der Waals surface area (Å²) in [5.74, 6) is -1.28. The van der Waals surface area contributed by atoms with E-state index in [0.717, 1.165) is 19.3 Å². The van der Waals surface area contributed by atoms with E-state index in [9.17, 15) is 24.4 Å². The van der Waals surface area contributed by atoms with Gasteiger partial charge < -0.3 is 31.2 Å². The van der Waals surface area contributed by atoms with Crippen molar-refractivity contribution in [2.24, 2.45) is 5.73 Å². The number of benzene rings is 1. The molecule has 1 saturated carbocycles. The van der Waals surface area contributed by atoms with Crippen molar-refractivity contribution < 1.29 is 29.2 Å². The van der Waals surface area contributed by atoms with Crippen molar-refractivity contribution in [3.8, 4) is 0 Å². The summed E-state index contributed by atoms with van der Waals surface area (Å²) < 4.78 is 5.33.